The van der Waals surface area contributed by atoms with Gasteiger partial charge in [-0.15, -0.1) is 11.3 Å². The lowest BCUT2D eigenvalue weighted by molar-refractivity contribution is -0.121. The van der Waals surface area contributed by atoms with E-state index in [0.717, 1.165) is 40.6 Å². The summed E-state index contributed by atoms with van der Waals surface area (Å²) in [6.07, 6.45) is 2.48. The number of carbonyl (C=O) groups is 1. The van der Waals surface area contributed by atoms with Crippen LogP contribution in [0, 0.1) is 16.8 Å². The Morgan fingerprint density at radius 1 is 1.58 bits per heavy atom. The van der Waals surface area contributed by atoms with Gasteiger partial charge in [-0.1, -0.05) is 0 Å². The van der Waals surface area contributed by atoms with Crippen molar-refractivity contribution in [3.63, 3.8) is 0 Å². The summed E-state index contributed by atoms with van der Waals surface area (Å²) in [6.45, 7) is 5.66. The molecular weight excluding hydrogens is 280 g/mol. The molecule has 1 aromatic heterocycles. The summed E-state index contributed by atoms with van der Waals surface area (Å²) in [5.74, 6) is 0.607. The highest BCUT2D eigenvalue weighted by Crippen LogP contribution is 2.19. The average Bonchev–Trinajstić information content (AvgIpc) is 2.68. The minimum absolute atomic E-state index is 0.0762. The van der Waals surface area contributed by atoms with E-state index in [-0.39, 0.29) is 11.9 Å². The van der Waals surface area contributed by atoms with E-state index < -0.39 is 0 Å². The molecule has 106 valence electrons. The summed E-state index contributed by atoms with van der Waals surface area (Å²) in [5.41, 5.74) is 1.00. The van der Waals surface area contributed by atoms with Crippen LogP contribution in [-0.4, -0.2) is 30.1 Å². The maximum Gasteiger partial charge on any atom is 0.225 e. The van der Waals surface area contributed by atoms with Crippen molar-refractivity contribution in [3.8, 4) is 0 Å². The first-order valence-corrected chi connectivity index (χ1v) is 7.84. The van der Waals surface area contributed by atoms with E-state index in [1.54, 1.807) is 0 Å². The first-order chi connectivity index (χ1) is 9.06. The van der Waals surface area contributed by atoms with Gasteiger partial charge in [0, 0.05) is 29.8 Å². The van der Waals surface area contributed by atoms with Gasteiger partial charge in [0.2, 0.25) is 5.91 Å². The third-order valence-corrected chi connectivity index (χ3v) is 4.94. The molecule has 1 aliphatic rings. The van der Waals surface area contributed by atoms with Crippen LogP contribution in [0.15, 0.2) is 0 Å². The van der Waals surface area contributed by atoms with E-state index in [9.17, 15) is 4.79 Å². The number of carbonyl (C=O) groups excluding carboxylic acids is 1. The van der Waals surface area contributed by atoms with E-state index >= 15 is 0 Å². The predicted octanol–water partition coefficient (Wildman–Crippen LogP) is 2.59. The molecule has 0 aliphatic carbocycles. The van der Waals surface area contributed by atoms with Crippen molar-refractivity contribution in [3.05, 3.63) is 14.5 Å². The number of hydrogen-bond donors (Lipinski definition) is 2. The van der Waals surface area contributed by atoms with Crippen molar-refractivity contribution in [1.29, 1.82) is 0 Å². The minimum Gasteiger partial charge on any atom is -0.381 e. The lowest BCUT2D eigenvalue weighted by Gasteiger charge is -2.28. The third-order valence-electron chi connectivity index (χ3n) is 3.61. The number of rotatable bonds is 4. The van der Waals surface area contributed by atoms with Crippen LogP contribution in [0.2, 0.25) is 0 Å². The van der Waals surface area contributed by atoms with Crippen molar-refractivity contribution in [2.45, 2.75) is 39.2 Å². The van der Waals surface area contributed by atoms with Crippen molar-refractivity contribution >= 4 is 29.5 Å². The van der Waals surface area contributed by atoms with Gasteiger partial charge in [-0.2, -0.15) is 0 Å². The topological polar surface area (TPSA) is 54.1 Å². The molecule has 1 aliphatic heterocycles. The number of aromatic amines is 1. The van der Waals surface area contributed by atoms with Gasteiger partial charge < -0.3 is 15.0 Å². The monoisotopic (exact) mass is 300 g/mol. The van der Waals surface area contributed by atoms with Crippen LogP contribution in [0.3, 0.4) is 0 Å². The zero-order chi connectivity index (χ0) is 13.8. The second-order valence-corrected chi connectivity index (χ2v) is 6.82. The van der Waals surface area contributed by atoms with Crippen LogP contribution in [0.5, 0.6) is 0 Å². The van der Waals surface area contributed by atoms with Gasteiger partial charge in [0.1, 0.15) is 0 Å². The van der Waals surface area contributed by atoms with Crippen molar-refractivity contribution < 1.29 is 9.53 Å². The highest BCUT2D eigenvalue weighted by molar-refractivity contribution is 7.73. The van der Waals surface area contributed by atoms with E-state index in [4.69, 9.17) is 17.0 Å². The van der Waals surface area contributed by atoms with Gasteiger partial charge in [-0.25, -0.2) is 0 Å². The molecule has 2 rings (SSSR count). The average molecular weight is 300 g/mol. The highest BCUT2D eigenvalue weighted by atomic mass is 32.1. The molecular formula is C13H20N2O2S2. The van der Waals surface area contributed by atoms with Crippen LogP contribution in [0.4, 0.5) is 0 Å². The largest absolute Gasteiger partial charge is 0.381 e. The Balaban J connectivity index is 1.86. The Bertz CT molecular complexity index is 489. The fourth-order valence-corrected chi connectivity index (χ4v) is 3.68. The van der Waals surface area contributed by atoms with E-state index in [2.05, 4.69) is 17.2 Å². The molecule has 19 heavy (non-hydrogen) atoms. The third kappa shape index (κ3) is 4.12. The molecule has 4 nitrogen and oxygen atoms in total. The maximum atomic E-state index is 12.0. The molecule has 0 radical (unpaired) electrons. The summed E-state index contributed by atoms with van der Waals surface area (Å²) in [4.78, 5) is 16.1. The summed E-state index contributed by atoms with van der Waals surface area (Å²) >= 11 is 6.56. The van der Waals surface area contributed by atoms with Crippen molar-refractivity contribution in [2.24, 2.45) is 5.92 Å². The first kappa shape index (κ1) is 14.7. The molecule has 0 saturated carbocycles. The van der Waals surface area contributed by atoms with Crippen LogP contribution in [0.25, 0.3) is 0 Å². The molecule has 0 aromatic carbocycles. The van der Waals surface area contributed by atoms with E-state index in [0.29, 0.717) is 12.3 Å². The minimum atomic E-state index is 0.0762. The van der Waals surface area contributed by atoms with Crippen molar-refractivity contribution in [2.75, 3.05) is 13.2 Å². The Morgan fingerprint density at radius 2 is 2.26 bits per heavy atom. The molecule has 1 saturated heterocycles. The summed E-state index contributed by atoms with van der Waals surface area (Å²) in [6, 6.07) is 0.212. The number of amides is 1. The summed E-state index contributed by atoms with van der Waals surface area (Å²) in [5, 5.41) is 3.10. The lowest BCUT2D eigenvalue weighted by atomic mass is 9.93. The quantitative estimate of drug-likeness (QED) is 0.840. The molecule has 6 heteroatoms. The molecule has 1 atom stereocenters. The zero-order valence-electron chi connectivity index (χ0n) is 11.3. The normalized spacial score (nSPS) is 18.2. The van der Waals surface area contributed by atoms with Gasteiger partial charge in [-0.3, -0.25) is 4.79 Å². The predicted molar refractivity (Wildman–Crippen MR) is 79.1 cm³/mol. The number of thiazole rings is 1. The SMILES string of the molecule is Cc1[nH]c(=S)sc1CC(=O)N[C@H](C)C1CCOCC1. The Morgan fingerprint density at radius 3 is 2.84 bits per heavy atom. The zero-order valence-corrected chi connectivity index (χ0v) is 13.0. The molecule has 1 fully saturated rings. The smallest absolute Gasteiger partial charge is 0.225 e. The molecule has 0 unspecified atom stereocenters. The lowest BCUT2D eigenvalue weighted by Crippen LogP contribution is -2.40. The fourth-order valence-electron chi connectivity index (χ4n) is 2.39. The van der Waals surface area contributed by atoms with Crippen LogP contribution >= 0.6 is 23.6 Å². The number of hydrogen-bond acceptors (Lipinski definition) is 4. The maximum absolute atomic E-state index is 12.0. The van der Waals surface area contributed by atoms with Crippen LogP contribution in [-0.2, 0) is 16.0 Å². The fraction of sp³-hybridized carbons (Fsp3) is 0.692. The molecule has 0 bridgehead atoms. The summed E-state index contributed by atoms with van der Waals surface area (Å²) < 4.78 is 6.08. The van der Waals surface area contributed by atoms with Crippen LogP contribution < -0.4 is 5.32 Å². The van der Waals surface area contributed by atoms with Crippen molar-refractivity contribution in [1.82, 2.24) is 10.3 Å². The number of ether oxygens (including phenoxy) is 1. The first-order valence-electron chi connectivity index (χ1n) is 6.62. The standard InChI is InChI=1S/C13H20N2O2S2/c1-8(10-3-5-17-6-4-10)14-12(16)7-11-9(2)15-13(18)19-11/h8,10H,3-7H2,1-2H3,(H,14,16)(H,15,18)/t8-/m1/s1. The Hall–Kier alpha value is -0.720. The van der Waals surface area contributed by atoms with Gasteiger partial charge in [0.25, 0.3) is 0 Å². The van der Waals surface area contributed by atoms with Gasteiger partial charge >= 0.3 is 0 Å². The van der Waals surface area contributed by atoms with Gasteiger partial charge in [0.15, 0.2) is 3.95 Å². The second kappa shape index (κ2) is 6.63. The summed E-state index contributed by atoms with van der Waals surface area (Å²) in [7, 11) is 0. The second-order valence-electron chi connectivity index (χ2n) is 5.05. The number of H-pyrrole nitrogens is 1. The van der Waals surface area contributed by atoms with Gasteiger partial charge in [0.05, 0.1) is 6.42 Å². The van der Waals surface area contributed by atoms with Gasteiger partial charge in [-0.05, 0) is 44.8 Å². The Labute approximate surface area is 122 Å². The van der Waals surface area contributed by atoms with Crippen LogP contribution in [0.1, 0.15) is 30.3 Å². The molecule has 1 aromatic rings. The number of nitrogens with one attached hydrogen (secondary N) is 2. The molecule has 1 amide bonds. The Kier molecular flexibility index (Phi) is 5.13. The number of aromatic nitrogens is 1. The molecule has 2 N–H and O–H groups in total. The number of aryl methyl sites for hydroxylation is 1. The highest BCUT2D eigenvalue weighted by Gasteiger charge is 2.22. The molecule has 2 heterocycles. The van der Waals surface area contributed by atoms with E-state index in [1.165, 1.54) is 11.3 Å². The van der Waals surface area contributed by atoms with E-state index in [1.807, 2.05) is 6.92 Å². The molecule has 0 spiro atoms.